The standard InChI is InChI=1S/C13H26N2O/c1-12(2)8-5-3-4-6-9-14-13(16)15-10-7-11-15/h12H,3-11H2,1-2H3,(H,14,16). The Kier molecular flexibility index (Phi) is 6.27. The van der Waals surface area contributed by atoms with E-state index in [-0.39, 0.29) is 6.03 Å². The van der Waals surface area contributed by atoms with E-state index in [0.717, 1.165) is 32.0 Å². The molecule has 0 saturated carbocycles. The van der Waals surface area contributed by atoms with Crippen LogP contribution in [0.2, 0.25) is 0 Å². The molecule has 1 N–H and O–H groups in total. The maximum absolute atomic E-state index is 11.4. The van der Waals surface area contributed by atoms with Crippen LogP contribution < -0.4 is 5.32 Å². The summed E-state index contributed by atoms with van der Waals surface area (Å²) in [5, 5.41) is 2.97. The van der Waals surface area contributed by atoms with Gasteiger partial charge in [0.05, 0.1) is 0 Å². The van der Waals surface area contributed by atoms with E-state index < -0.39 is 0 Å². The smallest absolute Gasteiger partial charge is 0.317 e. The van der Waals surface area contributed by atoms with Gasteiger partial charge in [-0.15, -0.1) is 0 Å². The van der Waals surface area contributed by atoms with Crippen molar-refractivity contribution in [2.75, 3.05) is 19.6 Å². The summed E-state index contributed by atoms with van der Waals surface area (Å²) in [6, 6.07) is 0.133. The summed E-state index contributed by atoms with van der Waals surface area (Å²) in [5.74, 6) is 0.825. The zero-order chi connectivity index (χ0) is 11.8. The molecule has 0 atom stereocenters. The Morgan fingerprint density at radius 1 is 1.19 bits per heavy atom. The SMILES string of the molecule is CC(C)CCCCCCNC(=O)N1CCC1. The summed E-state index contributed by atoms with van der Waals surface area (Å²) < 4.78 is 0. The van der Waals surface area contributed by atoms with Gasteiger partial charge in [0.1, 0.15) is 0 Å². The number of hydrogen-bond donors (Lipinski definition) is 1. The molecule has 0 spiro atoms. The van der Waals surface area contributed by atoms with Crippen molar-refractivity contribution in [1.82, 2.24) is 10.2 Å². The number of carbonyl (C=O) groups is 1. The fraction of sp³-hybridized carbons (Fsp3) is 0.923. The Morgan fingerprint density at radius 2 is 1.88 bits per heavy atom. The van der Waals surface area contributed by atoms with Crippen molar-refractivity contribution in [2.24, 2.45) is 5.92 Å². The normalized spacial score (nSPS) is 15.1. The molecular formula is C13H26N2O. The summed E-state index contributed by atoms with van der Waals surface area (Å²) in [6.07, 6.45) is 7.50. The number of amides is 2. The molecule has 3 heteroatoms. The number of unbranched alkanes of at least 4 members (excludes halogenated alkanes) is 3. The molecule has 1 heterocycles. The van der Waals surface area contributed by atoms with Crippen LogP contribution in [0.5, 0.6) is 0 Å². The molecule has 0 aromatic heterocycles. The first kappa shape index (κ1) is 13.3. The Balaban J connectivity index is 1.82. The monoisotopic (exact) mass is 226 g/mol. The molecular weight excluding hydrogens is 200 g/mol. The van der Waals surface area contributed by atoms with E-state index in [1.54, 1.807) is 0 Å². The summed E-state index contributed by atoms with van der Waals surface area (Å²) in [6.45, 7) is 7.28. The predicted molar refractivity (Wildman–Crippen MR) is 67.5 cm³/mol. The van der Waals surface area contributed by atoms with Gasteiger partial charge in [0, 0.05) is 19.6 Å². The van der Waals surface area contributed by atoms with E-state index in [9.17, 15) is 4.79 Å². The second-order valence-corrected chi connectivity index (χ2v) is 5.17. The summed E-state index contributed by atoms with van der Waals surface area (Å²) >= 11 is 0. The first-order chi connectivity index (χ1) is 7.70. The number of likely N-dealkylation sites (tertiary alicyclic amines) is 1. The minimum Gasteiger partial charge on any atom is -0.338 e. The van der Waals surface area contributed by atoms with Gasteiger partial charge >= 0.3 is 6.03 Å². The Bertz CT molecular complexity index is 200. The highest BCUT2D eigenvalue weighted by Gasteiger charge is 2.18. The van der Waals surface area contributed by atoms with E-state index in [0.29, 0.717) is 0 Å². The molecule has 2 amide bonds. The molecule has 0 aliphatic carbocycles. The maximum atomic E-state index is 11.4. The molecule has 1 saturated heterocycles. The molecule has 0 unspecified atom stereocenters. The fourth-order valence-electron chi connectivity index (χ4n) is 1.86. The first-order valence-corrected chi connectivity index (χ1v) is 6.73. The molecule has 1 fully saturated rings. The van der Waals surface area contributed by atoms with Gasteiger partial charge < -0.3 is 10.2 Å². The van der Waals surface area contributed by atoms with E-state index in [1.165, 1.54) is 32.1 Å². The van der Waals surface area contributed by atoms with Gasteiger partial charge in [-0.05, 0) is 18.8 Å². The number of hydrogen-bond acceptors (Lipinski definition) is 1. The van der Waals surface area contributed by atoms with Crippen molar-refractivity contribution in [1.29, 1.82) is 0 Å². The topological polar surface area (TPSA) is 32.3 Å². The first-order valence-electron chi connectivity index (χ1n) is 6.73. The third kappa shape index (κ3) is 5.38. The summed E-state index contributed by atoms with van der Waals surface area (Å²) in [7, 11) is 0. The number of nitrogens with zero attached hydrogens (tertiary/aromatic N) is 1. The highest BCUT2D eigenvalue weighted by Crippen LogP contribution is 2.09. The van der Waals surface area contributed by atoms with Crippen LogP contribution in [0.1, 0.15) is 52.4 Å². The van der Waals surface area contributed by atoms with Gasteiger partial charge in [-0.1, -0.05) is 39.5 Å². The van der Waals surface area contributed by atoms with Gasteiger partial charge in [-0.2, -0.15) is 0 Å². The van der Waals surface area contributed by atoms with E-state index in [2.05, 4.69) is 19.2 Å². The average Bonchev–Trinajstić information content (AvgIpc) is 2.13. The molecule has 0 aromatic carbocycles. The van der Waals surface area contributed by atoms with Crippen LogP contribution in [-0.2, 0) is 0 Å². The molecule has 1 rings (SSSR count). The molecule has 3 nitrogen and oxygen atoms in total. The van der Waals surface area contributed by atoms with Crippen LogP contribution in [0.15, 0.2) is 0 Å². The zero-order valence-corrected chi connectivity index (χ0v) is 10.8. The summed E-state index contributed by atoms with van der Waals surface area (Å²) in [4.78, 5) is 13.3. The van der Waals surface area contributed by atoms with Crippen LogP contribution in [0.4, 0.5) is 4.79 Å². The lowest BCUT2D eigenvalue weighted by molar-refractivity contribution is 0.167. The second-order valence-electron chi connectivity index (χ2n) is 5.17. The van der Waals surface area contributed by atoms with E-state index in [4.69, 9.17) is 0 Å². The average molecular weight is 226 g/mol. The Labute approximate surface area is 99.6 Å². The molecule has 1 aliphatic heterocycles. The lowest BCUT2D eigenvalue weighted by atomic mass is 10.0. The van der Waals surface area contributed by atoms with Crippen molar-refractivity contribution in [3.8, 4) is 0 Å². The van der Waals surface area contributed by atoms with Crippen LogP contribution in [0.3, 0.4) is 0 Å². The van der Waals surface area contributed by atoms with E-state index in [1.807, 2.05) is 4.90 Å². The Hall–Kier alpha value is -0.730. The third-order valence-corrected chi connectivity index (χ3v) is 3.13. The maximum Gasteiger partial charge on any atom is 0.317 e. The highest BCUT2D eigenvalue weighted by atomic mass is 16.2. The number of carbonyl (C=O) groups excluding carboxylic acids is 1. The molecule has 16 heavy (non-hydrogen) atoms. The van der Waals surface area contributed by atoms with Gasteiger partial charge in [-0.3, -0.25) is 0 Å². The predicted octanol–water partition coefficient (Wildman–Crippen LogP) is 3.01. The van der Waals surface area contributed by atoms with Crippen molar-refractivity contribution in [2.45, 2.75) is 52.4 Å². The van der Waals surface area contributed by atoms with Crippen LogP contribution in [-0.4, -0.2) is 30.6 Å². The number of rotatable bonds is 7. The minimum absolute atomic E-state index is 0.133. The number of urea groups is 1. The number of nitrogens with one attached hydrogen (secondary N) is 1. The fourth-order valence-corrected chi connectivity index (χ4v) is 1.86. The largest absolute Gasteiger partial charge is 0.338 e. The highest BCUT2D eigenvalue weighted by molar-refractivity contribution is 5.74. The summed E-state index contributed by atoms with van der Waals surface area (Å²) in [5.41, 5.74) is 0. The van der Waals surface area contributed by atoms with Crippen LogP contribution in [0, 0.1) is 5.92 Å². The van der Waals surface area contributed by atoms with Crippen LogP contribution >= 0.6 is 0 Å². The molecule has 0 bridgehead atoms. The van der Waals surface area contributed by atoms with Crippen molar-refractivity contribution < 1.29 is 4.79 Å². The molecule has 0 radical (unpaired) electrons. The molecule has 1 aliphatic rings. The third-order valence-electron chi connectivity index (χ3n) is 3.13. The lowest BCUT2D eigenvalue weighted by Gasteiger charge is -2.30. The lowest BCUT2D eigenvalue weighted by Crippen LogP contribution is -2.47. The zero-order valence-electron chi connectivity index (χ0n) is 10.8. The second kappa shape index (κ2) is 7.53. The van der Waals surface area contributed by atoms with Crippen molar-refractivity contribution in [3.05, 3.63) is 0 Å². The van der Waals surface area contributed by atoms with Gasteiger partial charge in [0.15, 0.2) is 0 Å². The molecule has 0 aromatic rings. The van der Waals surface area contributed by atoms with Crippen molar-refractivity contribution in [3.63, 3.8) is 0 Å². The quantitative estimate of drug-likeness (QED) is 0.665. The van der Waals surface area contributed by atoms with Crippen LogP contribution in [0.25, 0.3) is 0 Å². The molecule has 94 valence electrons. The van der Waals surface area contributed by atoms with Gasteiger partial charge in [0.25, 0.3) is 0 Å². The Morgan fingerprint density at radius 3 is 2.44 bits per heavy atom. The minimum atomic E-state index is 0.133. The van der Waals surface area contributed by atoms with Gasteiger partial charge in [0.2, 0.25) is 0 Å². The van der Waals surface area contributed by atoms with Gasteiger partial charge in [-0.25, -0.2) is 4.79 Å². The van der Waals surface area contributed by atoms with E-state index >= 15 is 0 Å². The van der Waals surface area contributed by atoms with Crippen molar-refractivity contribution >= 4 is 6.03 Å².